The van der Waals surface area contributed by atoms with Crippen molar-refractivity contribution in [2.75, 3.05) is 0 Å². The maximum Gasteiger partial charge on any atom is 0.435 e. The molecule has 1 unspecified atom stereocenters. The van der Waals surface area contributed by atoms with Gasteiger partial charge < -0.3 is 4.74 Å². The zero-order valence-electron chi connectivity index (χ0n) is 14.7. The summed E-state index contributed by atoms with van der Waals surface area (Å²) in [4.78, 5) is 12.2. The lowest BCUT2D eigenvalue weighted by Gasteiger charge is -2.21. The molecule has 136 valence electrons. The Morgan fingerprint density at radius 1 is 1.19 bits per heavy atom. The highest BCUT2D eigenvalue weighted by Gasteiger charge is 2.23. The molecule has 0 saturated carbocycles. The number of amides is 1. The number of carbonyl (C=O) groups excluding carboxylic acids is 1. The van der Waals surface area contributed by atoms with Crippen molar-refractivity contribution in [1.29, 1.82) is 0 Å². The number of halogens is 1. The highest BCUT2D eigenvalue weighted by molar-refractivity contribution is 6.30. The van der Waals surface area contributed by atoms with E-state index in [9.17, 15) is 10.0 Å². The molecular weight excluding hydrogens is 350 g/mol. The molecule has 4 nitrogen and oxygen atoms in total. The number of rotatable bonds is 6. The summed E-state index contributed by atoms with van der Waals surface area (Å²) in [7, 11) is 0. The van der Waals surface area contributed by atoms with Crippen LogP contribution in [0.2, 0.25) is 5.02 Å². The number of ether oxygens (including phenoxy) is 1. The highest BCUT2D eigenvalue weighted by Crippen LogP contribution is 2.22. The van der Waals surface area contributed by atoms with E-state index in [0.717, 1.165) is 18.4 Å². The van der Waals surface area contributed by atoms with Crippen LogP contribution in [0.4, 0.5) is 4.79 Å². The molecule has 26 heavy (non-hydrogen) atoms. The van der Waals surface area contributed by atoms with Crippen molar-refractivity contribution in [3.05, 3.63) is 70.7 Å². The van der Waals surface area contributed by atoms with Crippen LogP contribution in [0.3, 0.4) is 0 Å². The Kier molecular flexibility index (Phi) is 8.01. The maximum absolute atomic E-state index is 12.2. The predicted molar refractivity (Wildman–Crippen MR) is 102 cm³/mol. The van der Waals surface area contributed by atoms with Crippen LogP contribution in [0.25, 0.3) is 0 Å². The average molecular weight is 372 g/mol. The first-order valence-electron chi connectivity index (χ1n) is 8.54. The standard InChI is InChI=1S/C21H22ClNO3/c1-2-3-4-8-11-20(18-12-14-19(22)15-13-18)23(25)21(24)26-16-17-9-6-5-7-10-17/h5-7,9-10,12-15,20,25H,2-4,16H2,1H3. The molecule has 0 heterocycles. The van der Waals surface area contributed by atoms with Gasteiger partial charge in [0.05, 0.1) is 0 Å². The molecule has 0 aromatic heterocycles. The monoisotopic (exact) mass is 371 g/mol. The van der Waals surface area contributed by atoms with Gasteiger partial charge >= 0.3 is 6.09 Å². The Labute approximate surface area is 159 Å². The van der Waals surface area contributed by atoms with Crippen LogP contribution in [0.15, 0.2) is 54.6 Å². The van der Waals surface area contributed by atoms with Crippen LogP contribution in [0.1, 0.15) is 43.4 Å². The van der Waals surface area contributed by atoms with Crippen molar-refractivity contribution >= 4 is 17.7 Å². The molecule has 5 heteroatoms. The number of unbranched alkanes of at least 4 members (excludes halogenated alkanes) is 2. The second kappa shape index (κ2) is 10.5. The first kappa shape index (κ1) is 19.8. The van der Waals surface area contributed by atoms with E-state index in [4.69, 9.17) is 16.3 Å². The predicted octanol–water partition coefficient (Wildman–Crippen LogP) is 5.60. The molecule has 0 bridgehead atoms. The second-order valence-electron chi connectivity index (χ2n) is 5.76. The number of hydrogen-bond acceptors (Lipinski definition) is 3. The quantitative estimate of drug-likeness (QED) is 0.311. The summed E-state index contributed by atoms with van der Waals surface area (Å²) in [5.74, 6) is 5.97. The summed E-state index contributed by atoms with van der Waals surface area (Å²) in [5.41, 5.74) is 1.50. The van der Waals surface area contributed by atoms with Crippen molar-refractivity contribution in [2.24, 2.45) is 0 Å². The molecule has 2 aromatic rings. The smallest absolute Gasteiger partial charge is 0.435 e. The van der Waals surface area contributed by atoms with Gasteiger partial charge in [0.15, 0.2) is 0 Å². The highest BCUT2D eigenvalue weighted by atomic mass is 35.5. The molecular formula is C21H22ClNO3. The number of hydrogen-bond donors (Lipinski definition) is 1. The number of nitrogens with zero attached hydrogens (tertiary/aromatic N) is 1. The normalized spacial score (nSPS) is 11.2. The number of carbonyl (C=O) groups is 1. The van der Waals surface area contributed by atoms with E-state index in [-0.39, 0.29) is 6.61 Å². The van der Waals surface area contributed by atoms with Gasteiger partial charge in [0.2, 0.25) is 0 Å². The molecule has 0 saturated heterocycles. The van der Waals surface area contributed by atoms with Gasteiger partial charge in [-0.15, -0.1) is 5.92 Å². The van der Waals surface area contributed by atoms with Gasteiger partial charge in [-0.2, -0.15) is 5.06 Å². The third-order valence-electron chi connectivity index (χ3n) is 3.72. The topological polar surface area (TPSA) is 49.8 Å². The van der Waals surface area contributed by atoms with E-state index in [1.54, 1.807) is 24.3 Å². The molecule has 0 aliphatic heterocycles. The number of benzene rings is 2. The fourth-order valence-electron chi connectivity index (χ4n) is 2.26. The first-order chi connectivity index (χ1) is 12.6. The van der Waals surface area contributed by atoms with Crippen LogP contribution in [-0.2, 0) is 11.3 Å². The fourth-order valence-corrected chi connectivity index (χ4v) is 2.38. The van der Waals surface area contributed by atoms with E-state index in [1.807, 2.05) is 30.3 Å². The van der Waals surface area contributed by atoms with Gasteiger partial charge in [-0.05, 0) is 29.7 Å². The van der Waals surface area contributed by atoms with Crippen LogP contribution in [0.5, 0.6) is 0 Å². The van der Waals surface area contributed by atoms with Crippen molar-refractivity contribution in [2.45, 2.75) is 38.8 Å². The van der Waals surface area contributed by atoms with E-state index in [2.05, 4.69) is 18.8 Å². The summed E-state index contributed by atoms with van der Waals surface area (Å²) in [6.07, 6.45) is 1.85. The van der Waals surface area contributed by atoms with E-state index in [1.165, 1.54) is 0 Å². The number of hydroxylamine groups is 2. The lowest BCUT2D eigenvalue weighted by atomic mass is 10.1. The van der Waals surface area contributed by atoms with Crippen LogP contribution < -0.4 is 0 Å². The van der Waals surface area contributed by atoms with Gasteiger partial charge in [-0.3, -0.25) is 5.21 Å². The Hall–Kier alpha value is -2.48. The molecule has 1 atom stereocenters. The Morgan fingerprint density at radius 3 is 2.54 bits per heavy atom. The molecule has 2 aromatic carbocycles. The minimum atomic E-state index is -0.849. The van der Waals surface area contributed by atoms with Gasteiger partial charge in [0, 0.05) is 11.4 Å². The Bertz CT molecular complexity index is 750. The SMILES string of the molecule is CCCCC#CC(c1ccc(Cl)cc1)N(O)C(=O)OCc1ccccc1. The van der Waals surface area contributed by atoms with Crippen molar-refractivity contribution < 1.29 is 14.7 Å². The minimum Gasteiger partial charge on any atom is -0.443 e. The van der Waals surface area contributed by atoms with Gasteiger partial charge in [-0.1, -0.05) is 73.3 Å². The molecule has 0 aliphatic carbocycles. The molecule has 2 rings (SSSR count). The maximum atomic E-state index is 12.2. The third-order valence-corrected chi connectivity index (χ3v) is 3.97. The third kappa shape index (κ3) is 6.11. The lowest BCUT2D eigenvalue weighted by molar-refractivity contribution is -0.0935. The van der Waals surface area contributed by atoms with Crippen molar-refractivity contribution in [3.8, 4) is 11.8 Å². The molecule has 1 N–H and O–H groups in total. The summed E-state index contributed by atoms with van der Waals surface area (Å²) in [5, 5.41) is 11.5. The average Bonchev–Trinajstić information content (AvgIpc) is 2.67. The molecule has 0 spiro atoms. The van der Waals surface area contributed by atoms with Gasteiger partial charge in [0.1, 0.15) is 12.6 Å². The van der Waals surface area contributed by atoms with E-state index in [0.29, 0.717) is 22.1 Å². The van der Waals surface area contributed by atoms with E-state index < -0.39 is 12.1 Å². The molecule has 1 amide bonds. The molecule has 0 aliphatic rings. The van der Waals surface area contributed by atoms with Crippen LogP contribution in [-0.4, -0.2) is 16.4 Å². The molecule has 0 radical (unpaired) electrons. The van der Waals surface area contributed by atoms with Crippen LogP contribution in [0, 0.1) is 11.8 Å². The fraction of sp³-hybridized carbons (Fsp3) is 0.286. The Morgan fingerprint density at radius 2 is 1.88 bits per heavy atom. The van der Waals surface area contributed by atoms with Crippen LogP contribution >= 0.6 is 11.6 Å². The second-order valence-corrected chi connectivity index (χ2v) is 6.20. The van der Waals surface area contributed by atoms with Gasteiger partial charge in [-0.25, -0.2) is 4.79 Å². The van der Waals surface area contributed by atoms with Crippen molar-refractivity contribution in [3.63, 3.8) is 0 Å². The molecule has 0 fully saturated rings. The van der Waals surface area contributed by atoms with E-state index >= 15 is 0 Å². The zero-order chi connectivity index (χ0) is 18.8. The summed E-state index contributed by atoms with van der Waals surface area (Å²) >= 11 is 5.92. The zero-order valence-corrected chi connectivity index (χ0v) is 15.4. The summed E-state index contributed by atoms with van der Waals surface area (Å²) < 4.78 is 5.19. The lowest BCUT2D eigenvalue weighted by Crippen LogP contribution is -2.31. The Balaban J connectivity index is 2.10. The van der Waals surface area contributed by atoms with Gasteiger partial charge in [0.25, 0.3) is 0 Å². The summed E-state index contributed by atoms with van der Waals surface area (Å²) in [6, 6.07) is 15.3. The minimum absolute atomic E-state index is 0.0767. The summed E-state index contributed by atoms with van der Waals surface area (Å²) in [6.45, 7) is 2.16. The first-order valence-corrected chi connectivity index (χ1v) is 8.92. The largest absolute Gasteiger partial charge is 0.443 e. The van der Waals surface area contributed by atoms with Crippen molar-refractivity contribution in [1.82, 2.24) is 5.06 Å².